The Morgan fingerprint density at radius 1 is 1.20 bits per heavy atom. The molecule has 0 fully saturated rings. The molecule has 0 aliphatic carbocycles. The average molecular weight is 428 g/mol. The summed E-state index contributed by atoms with van der Waals surface area (Å²) in [6, 6.07) is 12.2. The number of aromatic nitrogens is 1. The highest BCUT2D eigenvalue weighted by Gasteiger charge is 2.17. The van der Waals surface area contributed by atoms with Crippen LogP contribution in [0.25, 0.3) is 10.2 Å². The Morgan fingerprint density at radius 2 is 1.97 bits per heavy atom. The summed E-state index contributed by atoms with van der Waals surface area (Å²) in [5.41, 5.74) is 9.87. The van der Waals surface area contributed by atoms with Crippen LogP contribution in [-0.4, -0.2) is 48.9 Å². The number of amides is 1. The summed E-state index contributed by atoms with van der Waals surface area (Å²) in [5.74, 6) is -0.154. The van der Waals surface area contributed by atoms with Gasteiger partial charge in [-0.05, 0) is 50.1 Å². The van der Waals surface area contributed by atoms with E-state index in [1.165, 1.54) is 11.3 Å². The highest BCUT2D eigenvalue weighted by molar-refractivity contribution is 7.21. The number of nitrogens with zero attached hydrogens (tertiary/aromatic N) is 2. The van der Waals surface area contributed by atoms with E-state index in [2.05, 4.69) is 51.7 Å². The molecule has 1 aromatic carbocycles. The molecule has 0 bridgehead atoms. The van der Waals surface area contributed by atoms with E-state index in [1.807, 2.05) is 19.1 Å². The largest absolute Gasteiger partial charge is 0.397 e. The van der Waals surface area contributed by atoms with Crippen LogP contribution >= 0.6 is 11.3 Å². The Morgan fingerprint density at radius 3 is 2.67 bits per heavy atom. The van der Waals surface area contributed by atoms with Crippen LogP contribution in [0.5, 0.6) is 0 Å². The highest BCUT2D eigenvalue weighted by atomic mass is 32.1. The lowest BCUT2D eigenvalue weighted by Gasteiger charge is -2.23. The van der Waals surface area contributed by atoms with Crippen LogP contribution in [0.3, 0.4) is 0 Å². The highest BCUT2D eigenvalue weighted by Crippen LogP contribution is 2.32. The van der Waals surface area contributed by atoms with E-state index in [-0.39, 0.29) is 12.6 Å². The first kappa shape index (κ1) is 22.0. The Labute approximate surface area is 180 Å². The zero-order valence-corrected chi connectivity index (χ0v) is 18.3. The number of aliphatic hydroxyl groups is 1. The molecular formula is C22H29N5O2S. The van der Waals surface area contributed by atoms with E-state index < -0.39 is 0 Å². The summed E-state index contributed by atoms with van der Waals surface area (Å²) in [6.45, 7) is 7.02. The third-order valence-corrected chi connectivity index (χ3v) is 6.11. The molecule has 2 aromatic heterocycles. The molecule has 3 aromatic rings. The second kappa shape index (κ2) is 10.4. The summed E-state index contributed by atoms with van der Waals surface area (Å²) in [7, 11) is 0. The van der Waals surface area contributed by atoms with Gasteiger partial charge in [0.15, 0.2) is 0 Å². The van der Waals surface area contributed by atoms with Gasteiger partial charge in [-0.15, -0.1) is 11.3 Å². The summed E-state index contributed by atoms with van der Waals surface area (Å²) in [6.07, 6.45) is 0.742. The number of carbonyl (C=O) groups is 1. The van der Waals surface area contributed by atoms with Gasteiger partial charge in [-0.3, -0.25) is 10.1 Å². The number of nitrogen functional groups attached to an aromatic ring is 1. The fraction of sp³-hybridized carbons (Fsp3) is 0.364. The molecule has 0 unspecified atom stereocenters. The van der Waals surface area contributed by atoms with Crippen LogP contribution < -0.4 is 21.3 Å². The Bertz CT molecular complexity index is 987. The maximum atomic E-state index is 12.6. The van der Waals surface area contributed by atoms with Gasteiger partial charge in [0, 0.05) is 42.9 Å². The first-order valence-corrected chi connectivity index (χ1v) is 10.9. The van der Waals surface area contributed by atoms with Gasteiger partial charge in [0.05, 0.1) is 12.4 Å². The molecule has 0 spiro atoms. The number of aliphatic hydroxyl groups excluding tert-OH is 1. The van der Waals surface area contributed by atoms with Crippen molar-refractivity contribution in [3.8, 4) is 0 Å². The summed E-state index contributed by atoms with van der Waals surface area (Å²) >= 11 is 1.33. The molecule has 3 rings (SSSR count). The van der Waals surface area contributed by atoms with Crippen LogP contribution in [0.1, 0.15) is 27.9 Å². The third kappa shape index (κ3) is 5.27. The van der Waals surface area contributed by atoms with Crippen molar-refractivity contribution in [3.63, 3.8) is 0 Å². The van der Waals surface area contributed by atoms with Gasteiger partial charge < -0.3 is 21.1 Å². The number of hydrogen-bond donors (Lipinski definition) is 4. The van der Waals surface area contributed by atoms with Gasteiger partial charge in [-0.1, -0.05) is 12.1 Å². The number of rotatable bonds is 10. The summed E-state index contributed by atoms with van der Waals surface area (Å²) < 4.78 is 0. The fourth-order valence-electron chi connectivity index (χ4n) is 3.30. The van der Waals surface area contributed by atoms with Crippen LogP contribution in [0.2, 0.25) is 0 Å². The molecule has 7 nitrogen and oxygen atoms in total. The quantitative estimate of drug-likeness (QED) is 0.293. The minimum atomic E-state index is -0.154. The lowest BCUT2D eigenvalue weighted by atomic mass is 10.1. The van der Waals surface area contributed by atoms with E-state index in [0.29, 0.717) is 17.1 Å². The summed E-state index contributed by atoms with van der Waals surface area (Å²) in [4.78, 5) is 20.6. The van der Waals surface area contributed by atoms with Crippen molar-refractivity contribution in [3.05, 3.63) is 52.5 Å². The van der Waals surface area contributed by atoms with Crippen molar-refractivity contribution in [2.75, 3.05) is 43.5 Å². The lowest BCUT2D eigenvalue weighted by Crippen LogP contribution is -2.32. The Balaban J connectivity index is 1.55. The van der Waals surface area contributed by atoms with Gasteiger partial charge >= 0.3 is 0 Å². The van der Waals surface area contributed by atoms with E-state index in [4.69, 9.17) is 10.8 Å². The van der Waals surface area contributed by atoms with Crippen LogP contribution in [0, 0.1) is 6.92 Å². The van der Waals surface area contributed by atoms with Gasteiger partial charge in [0.25, 0.3) is 5.91 Å². The van der Waals surface area contributed by atoms with Crippen molar-refractivity contribution in [1.29, 1.82) is 0 Å². The number of nitrogens with two attached hydrogens (primary N) is 1. The number of benzene rings is 1. The number of nitrogens with one attached hydrogen (secondary N) is 2. The molecule has 30 heavy (non-hydrogen) atoms. The predicted octanol–water partition coefficient (Wildman–Crippen LogP) is 2.53. The molecule has 0 atom stereocenters. The minimum absolute atomic E-state index is 0.00842. The number of pyridine rings is 1. The number of fused-ring (bicyclic) bond motifs is 1. The van der Waals surface area contributed by atoms with Crippen LogP contribution in [0.15, 0.2) is 36.4 Å². The van der Waals surface area contributed by atoms with E-state index in [1.54, 1.807) is 0 Å². The molecule has 0 aliphatic rings. The Kier molecular flexibility index (Phi) is 7.62. The smallest absolute Gasteiger partial charge is 0.263 e. The van der Waals surface area contributed by atoms with Gasteiger partial charge in [0.2, 0.25) is 0 Å². The number of anilines is 2. The molecular weight excluding hydrogens is 398 g/mol. The maximum absolute atomic E-state index is 12.6. The van der Waals surface area contributed by atoms with E-state index >= 15 is 0 Å². The molecule has 160 valence electrons. The zero-order chi connectivity index (χ0) is 21.5. The average Bonchev–Trinajstić information content (AvgIpc) is 3.07. The topological polar surface area (TPSA) is 104 Å². The standard InChI is InChI=1S/C22H29N5O2S/c1-3-27(13-12-24-14-28)17-7-5-16(6-8-17)10-11-25-21(29)20-19(23)18-9-4-15(2)26-22(18)30-20/h4-9,24,28H,3,10-14,23H2,1-2H3,(H,25,29). The summed E-state index contributed by atoms with van der Waals surface area (Å²) in [5, 5.41) is 15.6. The van der Waals surface area contributed by atoms with Crippen molar-refractivity contribution in [1.82, 2.24) is 15.6 Å². The number of aryl methyl sites for hydroxylation is 1. The van der Waals surface area contributed by atoms with Crippen LogP contribution in [0.4, 0.5) is 11.4 Å². The molecule has 2 heterocycles. The van der Waals surface area contributed by atoms with Gasteiger partial charge in [0.1, 0.15) is 9.71 Å². The van der Waals surface area contributed by atoms with Gasteiger partial charge in [-0.2, -0.15) is 0 Å². The van der Waals surface area contributed by atoms with E-state index in [9.17, 15) is 4.79 Å². The second-order valence-corrected chi connectivity index (χ2v) is 8.06. The van der Waals surface area contributed by atoms with Crippen molar-refractivity contribution in [2.45, 2.75) is 20.3 Å². The predicted molar refractivity (Wildman–Crippen MR) is 124 cm³/mol. The zero-order valence-electron chi connectivity index (χ0n) is 17.4. The first-order chi connectivity index (χ1) is 14.5. The lowest BCUT2D eigenvalue weighted by molar-refractivity contribution is 0.0959. The van der Waals surface area contributed by atoms with Crippen LogP contribution in [-0.2, 0) is 6.42 Å². The van der Waals surface area contributed by atoms with Crippen molar-refractivity contribution >= 4 is 38.8 Å². The SMILES string of the molecule is CCN(CCNCO)c1ccc(CCNC(=O)c2sc3nc(C)ccc3c2N)cc1. The maximum Gasteiger partial charge on any atom is 0.263 e. The number of hydrogen-bond acceptors (Lipinski definition) is 7. The fourth-order valence-corrected chi connectivity index (χ4v) is 4.35. The molecule has 0 aliphatic heterocycles. The minimum Gasteiger partial charge on any atom is -0.397 e. The van der Waals surface area contributed by atoms with Gasteiger partial charge in [-0.25, -0.2) is 4.98 Å². The normalized spacial score (nSPS) is 11.0. The Hall–Kier alpha value is -2.68. The monoisotopic (exact) mass is 427 g/mol. The number of carbonyl (C=O) groups excluding carboxylic acids is 1. The molecule has 8 heteroatoms. The molecule has 1 amide bonds. The number of thiophene rings is 1. The number of likely N-dealkylation sites (N-methyl/N-ethyl adjacent to an activating group) is 1. The van der Waals surface area contributed by atoms with E-state index in [0.717, 1.165) is 53.2 Å². The first-order valence-electron chi connectivity index (χ1n) is 10.1. The second-order valence-electron chi connectivity index (χ2n) is 7.06. The molecule has 5 N–H and O–H groups in total. The molecule has 0 saturated carbocycles. The molecule has 0 saturated heterocycles. The third-order valence-electron chi connectivity index (χ3n) is 4.99. The molecule has 0 radical (unpaired) electrons. The van der Waals surface area contributed by atoms with Crippen molar-refractivity contribution < 1.29 is 9.90 Å². The van der Waals surface area contributed by atoms with Crippen molar-refractivity contribution in [2.24, 2.45) is 0 Å².